The lowest BCUT2D eigenvalue weighted by Crippen LogP contribution is -2.48. The van der Waals surface area contributed by atoms with E-state index in [-0.39, 0.29) is 5.78 Å². The van der Waals surface area contributed by atoms with Crippen LogP contribution in [0, 0.1) is 20.8 Å². The van der Waals surface area contributed by atoms with Crippen LogP contribution in [0.5, 0.6) is 0 Å². The van der Waals surface area contributed by atoms with Crippen LogP contribution in [0.25, 0.3) is 0 Å². The first-order valence-corrected chi connectivity index (χ1v) is 8.40. The summed E-state index contributed by atoms with van der Waals surface area (Å²) in [5, 5.41) is 0. The first-order valence-electron chi connectivity index (χ1n) is 8.40. The molecule has 1 aromatic carbocycles. The van der Waals surface area contributed by atoms with Crippen LogP contribution in [0.4, 0.5) is 5.95 Å². The number of hydrogen-bond donors (Lipinski definition) is 0. The Hall–Kier alpha value is -2.27. The Kier molecular flexibility index (Phi) is 4.90. The summed E-state index contributed by atoms with van der Waals surface area (Å²) in [7, 11) is 0. The number of ketones is 1. The van der Waals surface area contributed by atoms with E-state index in [1.165, 1.54) is 5.56 Å². The predicted molar refractivity (Wildman–Crippen MR) is 95.7 cm³/mol. The molecular formula is C19H24N4O. The Balaban J connectivity index is 1.61. The molecule has 24 heavy (non-hydrogen) atoms. The molecule has 0 amide bonds. The van der Waals surface area contributed by atoms with Crippen LogP contribution in [0.15, 0.2) is 30.6 Å². The summed E-state index contributed by atoms with van der Waals surface area (Å²) < 4.78 is 0. The maximum Gasteiger partial charge on any atom is 0.225 e. The van der Waals surface area contributed by atoms with Crippen molar-refractivity contribution in [3.05, 3.63) is 52.8 Å². The van der Waals surface area contributed by atoms with Crippen LogP contribution in [0.1, 0.15) is 27.0 Å². The third kappa shape index (κ3) is 3.62. The molecule has 1 aromatic heterocycles. The third-order valence-electron chi connectivity index (χ3n) is 4.53. The van der Waals surface area contributed by atoms with Gasteiger partial charge in [-0.2, -0.15) is 0 Å². The maximum atomic E-state index is 12.7. The van der Waals surface area contributed by atoms with Gasteiger partial charge >= 0.3 is 0 Å². The number of piperazine rings is 1. The summed E-state index contributed by atoms with van der Waals surface area (Å²) in [6.07, 6.45) is 3.53. The second-order valence-electron chi connectivity index (χ2n) is 6.51. The lowest BCUT2D eigenvalue weighted by atomic mass is 9.96. The lowest BCUT2D eigenvalue weighted by molar-refractivity contribution is 0.0925. The molecule has 5 nitrogen and oxygen atoms in total. The molecule has 0 radical (unpaired) electrons. The Morgan fingerprint density at radius 3 is 2.17 bits per heavy atom. The average molecular weight is 324 g/mol. The Morgan fingerprint density at radius 1 is 1.00 bits per heavy atom. The van der Waals surface area contributed by atoms with Crippen LogP contribution < -0.4 is 4.90 Å². The molecule has 1 fully saturated rings. The molecule has 1 aliphatic rings. The molecule has 0 unspecified atom stereocenters. The van der Waals surface area contributed by atoms with Gasteiger partial charge < -0.3 is 4.90 Å². The highest BCUT2D eigenvalue weighted by Crippen LogP contribution is 2.18. The van der Waals surface area contributed by atoms with E-state index >= 15 is 0 Å². The van der Waals surface area contributed by atoms with E-state index in [0.717, 1.165) is 48.8 Å². The third-order valence-corrected chi connectivity index (χ3v) is 4.53. The summed E-state index contributed by atoms with van der Waals surface area (Å²) in [6.45, 7) is 10.0. The molecule has 1 saturated heterocycles. The van der Waals surface area contributed by atoms with Crippen molar-refractivity contribution in [1.29, 1.82) is 0 Å². The normalized spacial score (nSPS) is 15.5. The van der Waals surface area contributed by atoms with Gasteiger partial charge in [0.15, 0.2) is 5.78 Å². The van der Waals surface area contributed by atoms with E-state index in [4.69, 9.17) is 0 Å². The number of rotatable bonds is 4. The van der Waals surface area contributed by atoms with Crippen LogP contribution >= 0.6 is 0 Å². The van der Waals surface area contributed by atoms with E-state index < -0.39 is 0 Å². The number of carbonyl (C=O) groups excluding carboxylic acids is 1. The summed E-state index contributed by atoms with van der Waals surface area (Å²) in [5.74, 6) is 0.989. The molecule has 2 heterocycles. The van der Waals surface area contributed by atoms with E-state index in [1.54, 1.807) is 12.4 Å². The Bertz CT molecular complexity index is 698. The van der Waals surface area contributed by atoms with Crippen LogP contribution in [0.2, 0.25) is 0 Å². The minimum absolute atomic E-state index is 0.217. The SMILES string of the molecule is Cc1cc(C)c(C(=O)CN2CCN(c3ncccn3)CC2)c(C)c1. The number of benzene rings is 1. The van der Waals surface area contributed by atoms with Gasteiger partial charge in [-0.15, -0.1) is 0 Å². The van der Waals surface area contributed by atoms with Crippen LogP contribution in [0.3, 0.4) is 0 Å². The molecule has 2 aromatic rings. The van der Waals surface area contributed by atoms with Gasteiger partial charge in [0.25, 0.3) is 0 Å². The van der Waals surface area contributed by atoms with Crippen molar-refractivity contribution in [3.8, 4) is 0 Å². The summed E-state index contributed by atoms with van der Waals surface area (Å²) in [5.41, 5.74) is 4.25. The zero-order valence-electron chi connectivity index (χ0n) is 14.6. The van der Waals surface area contributed by atoms with E-state index in [2.05, 4.69) is 38.8 Å². The first kappa shape index (κ1) is 16.6. The molecule has 0 N–H and O–H groups in total. The van der Waals surface area contributed by atoms with Gasteiger partial charge in [0.05, 0.1) is 6.54 Å². The van der Waals surface area contributed by atoms with Crippen LogP contribution in [-0.4, -0.2) is 53.4 Å². The van der Waals surface area contributed by atoms with E-state index in [9.17, 15) is 4.79 Å². The lowest BCUT2D eigenvalue weighted by Gasteiger charge is -2.34. The molecule has 0 spiro atoms. The summed E-state index contributed by atoms with van der Waals surface area (Å²) >= 11 is 0. The Morgan fingerprint density at radius 2 is 1.58 bits per heavy atom. The average Bonchev–Trinajstić information content (AvgIpc) is 2.55. The van der Waals surface area contributed by atoms with E-state index in [0.29, 0.717) is 6.54 Å². The largest absolute Gasteiger partial charge is 0.338 e. The van der Waals surface area contributed by atoms with Crippen LogP contribution in [-0.2, 0) is 0 Å². The highest BCUT2D eigenvalue weighted by atomic mass is 16.1. The maximum absolute atomic E-state index is 12.7. The number of hydrogen-bond acceptors (Lipinski definition) is 5. The fraction of sp³-hybridized carbons (Fsp3) is 0.421. The molecule has 0 atom stereocenters. The quantitative estimate of drug-likeness (QED) is 0.808. The predicted octanol–water partition coefficient (Wildman–Crippen LogP) is 2.41. The molecule has 3 rings (SSSR count). The number of nitrogens with zero attached hydrogens (tertiary/aromatic N) is 4. The number of anilines is 1. The standard InChI is InChI=1S/C19H24N4O/c1-14-11-15(2)18(16(3)12-14)17(24)13-22-7-9-23(10-8-22)19-20-5-4-6-21-19/h4-6,11-12H,7-10,13H2,1-3H3. The topological polar surface area (TPSA) is 49.3 Å². The number of aromatic nitrogens is 2. The zero-order valence-corrected chi connectivity index (χ0v) is 14.6. The summed E-state index contributed by atoms with van der Waals surface area (Å²) in [4.78, 5) is 25.7. The van der Waals surface area contributed by atoms with Gasteiger partial charge in [0.2, 0.25) is 5.95 Å². The van der Waals surface area contributed by atoms with Gasteiger partial charge in [-0.05, 0) is 38.0 Å². The number of carbonyl (C=O) groups is 1. The molecular weight excluding hydrogens is 300 g/mol. The smallest absolute Gasteiger partial charge is 0.225 e. The zero-order chi connectivity index (χ0) is 17.1. The highest BCUT2D eigenvalue weighted by molar-refractivity contribution is 6.00. The van der Waals surface area contributed by atoms with Crippen molar-refractivity contribution in [1.82, 2.24) is 14.9 Å². The number of Topliss-reactive ketones (excluding diaryl/α,β-unsaturated/α-hetero) is 1. The van der Waals surface area contributed by atoms with Gasteiger partial charge in [0.1, 0.15) is 0 Å². The van der Waals surface area contributed by atoms with Gasteiger partial charge in [-0.25, -0.2) is 9.97 Å². The monoisotopic (exact) mass is 324 g/mol. The van der Waals surface area contributed by atoms with Crippen molar-refractivity contribution in [2.24, 2.45) is 0 Å². The number of aryl methyl sites for hydroxylation is 3. The molecule has 1 aliphatic heterocycles. The van der Waals surface area contributed by atoms with Crippen molar-refractivity contribution < 1.29 is 4.79 Å². The molecule has 126 valence electrons. The minimum atomic E-state index is 0.217. The van der Waals surface area contributed by atoms with Crippen molar-refractivity contribution in [2.75, 3.05) is 37.6 Å². The van der Waals surface area contributed by atoms with Gasteiger partial charge in [-0.3, -0.25) is 9.69 Å². The molecule has 0 saturated carbocycles. The second-order valence-corrected chi connectivity index (χ2v) is 6.51. The van der Waals surface area contributed by atoms with Crippen molar-refractivity contribution in [2.45, 2.75) is 20.8 Å². The van der Waals surface area contributed by atoms with Crippen molar-refractivity contribution in [3.63, 3.8) is 0 Å². The minimum Gasteiger partial charge on any atom is -0.338 e. The molecule has 0 bridgehead atoms. The van der Waals surface area contributed by atoms with Gasteiger partial charge in [0, 0.05) is 44.1 Å². The fourth-order valence-corrected chi connectivity index (χ4v) is 3.46. The van der Waals surface area contributed by atoms with Gasteiger partial charge in [-0.1, -0.05) is 17.7 Å². The van der Waals surface area contributed by atoms with Crippen molar-refractivity contribution >= 4 is 11.7 Å². The summed E-state index contributed by atoms with van der Waals surface area (Å²) in [6, 6.07) is 6.00. The molecule has 0 aliphatic carbocycles. The first-order chi connectivity index (χ1) is 11.5. The Labute approximate surface area is 143 Å². The molecule has 5 heteroatoms. The fourth-order valence-electron chi connectivity index (χ4n) is 3.46. The van der Waals surface area contributed by atoms with E-state index in [1.807, 2.05) is 19.9 Å². The highest BCUT2D eigenvalue weighted by Gasteiger charge is 2.22. The second kappa shape index (κ2) is 7.09.